The van der Waals surface area contributed by atoms with Gasteiger partial charge in [0, 0.05) is 10.2 Å². The van der Waals surface area contributed by atoms with Crippen molar-refractivity contribution in [1.82, 2.24) is 15.4 Å². The smallest absolute Gasteiger partial charge is 0.362 e. The predicted octanol–water partition coefficient (Wildman–Crippen LogP) is 2.49. The van der Waals surface area contributed by atoms with E-state index in [0.29, 0.717) is 12.4 Å². The number of aromatic amines is 1. The van der Waals surface area contributed by atoms with E-state index in [0.717, 1.165) is 10.2 Å². The summed E-state index contributed by atoms with van der Waals surface area (Å²) in [6, 6.07) is 7.51. The number of hydrogen-bond donors (Lipinski definition) is 2. The van der Waals surface area contributed by atoms with Crippen LogP contribution in [-0.4, -0.2) is 28.0 Å². The fraction of sp³-hybridized carbons (Fsp3) is 0.182. The summed E-state index contributed by atoms with van der Waals surface area (Å²) in [5.74, 6) is -0.102. The number of rotatable bonds is 4. The normalized spacial score (nSPS) is 10.1. The van der Waals surface area contributed by atoms with Crippen LogP contribution in [0, 0.1) is 0 Å². The van der Waals surface area contributed by atoms with Crippen LogP contribution in [0.25, 0.3) is 0 Å². The van der Waals surface area contributed by atoms with Gasteiger partial charge in [-0.3, -0.25) is 0 Å². The first-order valence-electron chi connectivity index (χ1n) is 5.31. The lowest BCUT2D eigenvalue weighted by Gasteiger charge is -2.05. The maximum Gasteiger partial charge on any atom is 0.362 e. The van der Waals surface area contributed by atoms with Crippen molar-refractivity contribution in [2.24, 2.45) is 0 Å². The number of H-pyrrole nitrogens is 1. The molecule has 2 rings (SSSR count). The molecule has 1 aromatic carbocycles. The highest BCUT2D eigenvalue weighted by Gasteiger charge is 2.17. The van der Waals surface area contributed by atoms with Gasteiger partial charge in [0.15, 0.2) is 5.82 Å². The average molecular weight is 311 g/mol. The van der Waals surface area contributed by atoms with Crippen LogP contribution >= 0.6 is 15.9 Å². The van der Waals surface area contributed by atoms with Crippen LogP contribution in [0.5, 0.6) is 0 Å². The Morgan fingerprint density at radius 3 is 3.11 bits per heavy atom. The molecule has 0 aliphatic rings. The lowest BCUT2D eigenvalue weighted by Crippen LogP contribution is -2.08. The number of aromatic nitrogens is 3. The Morgan fingerprint density at radius 1 is 1.56 bits per heavy atom. The molecule has 94 valence electrons. The first-order chi connectivity index (χ1) is 8.70. The topological polar surface area (TPSA) is 79.9 Å². The summed E-state index contributed by atoms with van der Waals surface area (Å²) in [6.45, 7) is 2.03. The van der Waals surface area contributed by atoms with Crippen LogP contribution in [0.15, 0.2) is 28.7 Å². The summed E-state index contributed by atoms with van der Waals surface area (Å²) < 4.78 is 5.81. The van der Waals surface area contributed by atoms with Crippen LogP contribution in [0.2, 0.25) is 0 Å². The Morgan fingerprint density at radius 2 is 2.39 bits per heavy atom. The number of carbonyl (C=O) groups excluding carboxylic acids is 1. The van der Waals surface area contributed by atoms with Gasteiger partial charge in [-0.05, 0) is 25.1 Å². The highest BCUT2D eigenvalue weighted by molar-refractivity contribution is 9.10. The second-order valence-corrected chi connectivity index (χ2v) is 4.31. The molecule has 0 fully saturated rings. The van der Waals surface area contributed by atoms with E-state index >= 15 is 0 Å². The van der Waals surface area contributed by atoms with Gasteiger partial charge in [-0.1, -0.05) is 27.2 Å². The third-order valence-electron chi connectivity index (χ3n) is 2.11. The molecule has 0 bridgehead atoms. The van der Waals surface area contributed by atoms with Gasteiger partial charge in [0.1, 0.15) is 0 Å². The van der Waals surface area contributed by atoms with E-state index in [1.807, 2.05) is 24.3 Å². The third kappa shape index (κ3) is 2.86. The van der Waals surface area contributed by atoms with Gasteiger partial charge in [-0.25, -0.2) is 9.89 Å². The van der Waals surface area contributed by atoms with Crippen molar-refractivity contribution >= 4 is 33.4 Å². The van der Waals surface area contributed by atoms with E-state index in [1.54, 1.807) is 6.92 Å². The number of hydrogen-bond acceptors (Lipinski definition) is 5. The lowest BCUT2D eigenvalue weighted by atomic mass is 10.3. The maximum atomic E-state index is 11.6. The maximum absolute atomic E-state index is 11.6. The average Bonchev–Trinajstić information content (AvgIpc) is 2.77. The van der Waals surface area contributed by atoms with E-state index in [-0.39, 0.29) is 5.69 Å². The van der Waals surface area contributed by atoms with Crippen molar-refractivity contribution < 1.29 is 9.53 Å². The van der Waals surface area contributed by atoms with Gasteiger partial charge in [0.2, 0.25) is 5.69 Å². The van der Waals surface area contributed by atoms with E-state index in [4.69, 9.17) is 4.74 Å². The molecule has 1 heterocycles. The second kappa shape index (κ2) is 5.63. The molecule has 18 heavy (non-hydrogen) atoms. The quantitative estimate of drug-likeness (QED) is 0.848. The van der Waals surface area contributed by atoms with Gasteiger partial charge >= 0.3 is 5.97 Å². The van der Waals surface area contributed by atoms with Crippen LogP contribution in [0.1, 0.15) is 17.4 Å². The zero-order chi connectivity index (χ0) is 13.0. The van der Waals surface area contributed by atoms with Crippen LogP contribution < -0.4 is 5.32 Å². The number of ether oxygens (including phenoxy) is 1. The van der Waals surface area contributed by atoms with Crippen molar-refractivity contribution in [1.29, 1.82) is 0 Å². The van der Waals surface area contributed by atoms with E-state index in [1.165, 1.54) is 0 Å². The molecule has 0 spiro atoms. The molecule has 0 amide bonds. The molecule has 2 N–H and O–H groups in total. The van der Waals surface area contributed by atoms with Crippen molar-refractivity contribution in [2.45, 2.75) is 6.92 Å². The molecule has 0 radical (unpaired) electrons. The van der Waals surface area contributed by atoms with Gasteiger partial charge in [0.25, 0.3) is 0 Å². The number of esters is 1. The standard InChI is InChI=1S/C11H11BrN4O2/c1-2-18-11(17)9-10(15-16-14-9)13-8-5-3-4-7(12)6-8/h3-6H,2H2,1H3,(H2,13,14,15,16). The number of anilines is 2. The third-order valence-corrected chi connectivity index (χ3v) is 2.60. The Bertz CT molecular complexity index is 555. The van der Waals surface area contributed by atoms with Gasteiger partial charge in [-0.15, -0.1) is 5.10 Å². The van der Waals surface area contributed by atoms with E-state index < -0.39 is 5.97 Å². The summed E-state index contributed by atoms with van der Waals surface area (Å²) in [5.41, 5.74) is 0.942. The van der Waals surface area contributed by atoms with Crippen LogP contribution in [-0.2, 0) is 4.74 Å². The minimum absolute atomic E-state index is 0.136. The highest BCUT2D eigenvalue weighted by Crippen LogP contribution is 2.20. The molecule has 0 saturated heterocycles. The zero-order valence-corrected chi connectivity index (χ0v) is 11.2. The number of nitrogens with zero attached hydrogens (tertiary/aromatic N) is 2. The van der Waals surface area contributed by atoms with Crippen molar-refractivity contribution in [3.63, 3.8) is 0 Å². The summed E-state index contributed by atoms with van der Waals surface area (Å²) in [7, 11) is 0. The van der Waals surface area contributed by atoms with Crippen molar-refractivity contribution in [2.75, 3.05) is 11.9 Å². The van der Waals surface area contributed by atoms with Gasteiger partial charge in [0.05, 0.1) is 6.61 Å². The largest absolute Gasteiger partial charge is 0.461 e. The summed E-state index contributed by atoms with van der Waals surface area (Å²) in [6.07, 6.45) is 0. The fourth-order valence-corrected chi connectivity index (χ4v) is 1.77. The SMILES string of the molecule is CCOC(=O)c1nn[nH]c1Nc1cccc(Br)c1. The Kier molecular flexibility index (Phi) is 3.93. The molecule has 0 saturated carbocycles. The first kappa shape index (κ1) is 12.6. The summed E-state index contributed by atoms with van der Waals surface area (Å²) in [5, 5.41) is 12.9. The van der Waals surface area contributed by atoms with Crippen LogP contribution in [0.4, 0.5) is 11.5 Å². The Hall–Kier alpha value is -1.89. The molecule has 0 atom stereocenters. The number of benzene rings is 1. The minimum atomic E-state index is -0.510. The molecule has 6 nitrogen and oxygen atoms in total. The van der Waals surface area contributed by atoms with Crippen molar-refractivity contribution in [3.05, 3.63) is 34.4 Å². The fourth-order valence-electron chi connectivity index (χ4n) is 1.37. The molecule has 7 heteroatoms. The number of halogens is 1. The van der Waals surface area contributed by atoms with E-state index in [2.05, 4.69) is 36.7 Å². The molecular formula is C11H11BrN4O2. The number of carbonyl (C=O) groups is 1. The minimum Gasteiger partial charge on any atom is -0.461 e. The molecule has 0 unspecified atom stereocenters. The second-order valence-electron chi connectivity index (χ2n) is 3.39. The first-order valence-corrected chi connectivity index (χ1v) is 6.10. The number of nitrogens with one attached hydrogen (secondary N) is 2. The monoisotopic (exact) mass is 310 g/mol. The van der Waals surface area contributed by atoms with Crippen molar-refractivity contribution in [3.8, 4) is 0 Å². The molecule has 0 aliphatic carbocycles. The Labute approximate surface area is 112 Å². The molecule has 0 aliphatic heterocycles. The predicted molar refractivity (Wildman–Crippen MR) is 69.8 cm³/mol. The lowest BCUT2D eigenvalue weighted by molar-refractivity contribution is 0.0520. The summed E-state index contributed by atoms with van der Waals surface area (Å²) >= 11 is 3.37. The highest BCUT2D eigenvalue weighted by atomic mass is 79.9. The molecule has 2 aromatic rings. The van der Waals surface area contributed by atoms with Gasteiger partial charge in [-0.2, -0.15) is 0 Å². The molecular weight excluding hydrogens is 300 g/mol. The molecule has 1 aromatic heterocycles. The van der Waals surface area contributed by atoms with E-state index in [9.17, 15) is 4.79 Å². The van der Waals surface area contributed by atoms with Crippen LogP contribution in [0.3, 0.4) is 0 Å². The Balaban J connectivity index is 2.20. The van der Waals surface area contributed by atoms with Gasteiger partial charge < -0.3 is 10.1 Å². The summed E-state index contributed by atoms with van der Waals surface area (Å²) in [4.78, 5) is 11.6. The zero-order valence-electron chi connectivity index (χ0n) is 9.61.